The van der Waals surface area contributed by atoms with Crippen LogP contribution in [-0.4, -0.2) is 36.4 Å². The number of nitriles is 1. The highest BCUT2D eigenvalue weighted by Crippen LogP contribution is 2.27. The van der Waals surface area contributed by atoms with Crippen molar-refractivity contribution in [2.24, 2.45) is 0 Å². The summed E-state index contributed by atoms with van der Waals surface area (Å²) in [6.45, 7) is -0.0847. The summed E-state index contributed by atoms with van der Waals surface area (Å²) in [6.07, 6.45) is 0. The molecule has 1 rings (SSSR count). The van der Waals surface area contributed by atoms with Crippen LogP contribution in [0.4, 0.5) is 5.69 Å². The predicted molar refractivity (Wildman–Crippen MR) is 62.2 cm³/mol. The van der Waals surface area contributed by atoms with Gasteiger partial charge in [0.15, 0.2) is 5.75 Å². The first-order chi connectivity index (χ1) is 8.51. The number of ether oxygens (including phenoxy) is 1. The lowest BCUT2D eigenvalue weighted by atomic mass is 10.1. The number of rotatable bonds is 4. The van der Waals surface area contributed by atoms with E-state index in [0.29, 0.717) is 0 Å². The van der Waals surface area contributed by atoms with Gasteiger partial charge in [0.2, 0.25) is 0 Å². The molecule has 0 aliphatic carbocycles. The number of amides is 1. The maximum atomic E-state index is 11.8. The lowest BCUT2D eigenvalue weighted by Gasteiger charge is -2.13. The fraction of sp³-hybridized carbons (Fsp3) is 0.273. The molecule has 0 bridgehead atoms. The fourth-order valence-corrected chi connectivity index (χ4v) is 1.36. The molecule has 7 heteroatoms. The molecule has 0 spiro atoms. The first-order valence-electron chi connectivity index (χ1n) is 4.96. The largest absolute Gasteiger partial charge is 0.490 e. The minimum atomic E-state index is -0.625. The summed E-state index contributed by atoms with van der Waals surface area (Å²) in [4.78, 5) is 23.2. The highest BCUT2D eigenvalue weighted by atomic mass is 16.6. The van der Waals surface area contributed by atoms with Crippen molar-refractivity contribution in [2.45, 2.75) is 0 Å². The van der Waals surface area contributed by atoms with Crippen molar-refractivity contribution >= 4 is 11.6 Å². The molecule has 0 unspecified atom stereocenters. The second kappa shape index (κ2) is 5.63. The second-order valence-corrected chi connectivity index (χ2v) is 3.46. The second-order valence-electron chi connectivity index (χ2n) is 3.46. The Labute approximate surface area is 103 Å². The molecule has 0 aliphatic rings. The van der Waals surface area contributed by atoms with Gasteiger partial charge in [-0.15, -0.1) is 0 Å². The molecule has 0 heterocycles. The average molecular weight is 249 g/mol. The number of benzene rings is 1. The number of methoxy groups -OCH3 is 1. The molecule has 94 valence electrons. The minimum Gasteiger partial charge on any atom is -0.490 e. The third-order valence-corrected chi connectivity index (χ3v) is 2.28. The molecule has 0 N–H and O–H groups in total. The third-order valence-electron chi connectivity index (χ3n) is 2.28. The molecule has 0 saturated heterocycles. The zero-order valence-electron chi connectivity index (χ0n) is 9.91. The summed E-state index contributed by atoms with van der Waals surface area (Å²) in [7, 11) is 2.76. The highest BCUT2D eigenvalue weighted by Gasteiger charge is 2.19. The molecular formula is C11H11N3O4. The van der Waals surface area contributed by atoms with E-state index in [0.717, 1.165) is 6.07 Å². The van der Waals surface area contributed by atoms with E-state index in [1.807, 2.05) is 6.07 Å². The molecule has 1 aromatic rings. The number of hydrogen-bond donors (Lipinski definition) is 0. The number of hydrogen-bond acceptors (Lipinski definition) is 5. The van der Waals surface area contributed by atoms with E-state index in [9.17, 15) is 14.9 Å². The normalized spacial score (nSPS) is 9.39. The van der Waals surface area contributed by atoms with Gasteiger partial charge in [0, 0.05) is 18.7 Å². The van der Waals surface area contributed by atoms with Crippen molar-refractivity contribution < 1.29 is 14.5 Å². The van der Waals surface area contributed by atoms with Crippen LogP contribution in [-0.2, 0) is 0 Å². The first-order valence-corrected chi connectivity index (χ1v) is 4.96. The quantitative estimate of drug-likeness (QED) is 0.453. The van der Waals surface area contributed by atoms with Crippen molar-refractivity contribution in [1.29, 1.82) is 5.26 Å². The summed E-state index contributed by atoms with van der Waals surface area (Å²) < 4.78 is 4.83. The Hall–Kier alpha value is -2.62. The number of nitrogens with zero attached hydrogens (tertiary/aromatic N) is 3. The lowest BCUT2D eigenvalue weighted by Crippen LogP contribution is -2.26. The Balaban J connectivity index is 3.13. The lowest BCUT2D eigenvalue weighted by molar-refractivity contribution is -0.385. The van der Waals surface area contributed by atoms with Gasteiger partial charge in [-0.25, -0.2) is 0 Å². The van der Waals surface area contributed by atoms with Crippen LogP contribution in [0, 0.1) is 21.4 Å². The Morgan fingerprint density at radius 1 is 1.61 bits per heavy atom. The van der Waals surface area contributed by atoms with Gasteiger partial charge in [0.05, 0.1) is 18.1 Å². The van der Waals surface area contributed by atoms with E-state index in [-0.39, 0.29) is 23.5 Å². The molecule has 0 saturated carbocycles. The van der Waals surface area contributed by atoms with Crippen LogP contribution in [0.25, 0.3) is 0 Å². The summed E-state index contributed by atoms with van der Waals surface area (Å²) in [5, 5.41) is 19.3. The fourth-order valence-electron chi connectivity index (χ4n) is 1.36. The Kier molecular flexibility index (Phi) is 4.21. The van der Waals surface area contributed by atoms with E-state index in [1.54, 1.807) is 0 Å². The number of nitro groups is 1. The van der Waals surface area contributed by atoms with Gasteiger partial charge in [-0.2, -0.15) is 5.26 Å². The summed E-state index contributed by atoms with van der Waals surface area (Å²) in [5.74, 6) is -0.373. The van der Waals surface area contributed by atoms with Crippen LogP contribution in [0.2, 0.25) is 0 Å². The van der Waals surface area contributed by atoms with Gasteiger partial charge in [-0.05, 0) is 12.1 Å². The molecular weight excluding hydrogens is 238 g/mol. The molecule has 1 aromatic carbocycles. The zero-order valence-corrected chi connectivity index (χ0v) is 9.91. The topological polar surface area (TPSA) is 96.5 Å². The van der Waals surface area contributed by atoms with E-state index < -0.39 is 10.8 Å². The first kappa shape index (κ1) is 13.4. The molecule has 0 radical (unpaired) electrons. The Morgan fingerprint density at radius 3 is 2.78 bits per heavy atom. The van der Waals surface area contributed by atoms with Crippen molar-refractivity contribution in [1.82, 2.24) is 4.90 Å². The van der Waals surface area contributed by atoms with Gasteiger partial charge < -0.3 is 9.64 Å². The smallest absolute Gasteiger partial charge is 0.311 e. The average Bonchev–Trinajstić information content (AvgIpc) is 2.37. The molecule has 0 aliphatic heterocycles. The van der Waals surface area contributed by atoms with Gasteiger partial charge in [-0.1, -0.05) is 0 Å². The van der Waals surface area contributed by atoms with Crippen molar-refractivity contribution in [2.75, 3.05) is 20.7 Å². The van der Waals surface area contributed by atoms with E-state index in [1.165, 1.54) is 31.2 Å². The number of nitro benzene ring substituents is 1. The van der Waals surface area contributed by atoms with Gasteiger partial charge >= 0.3 is 5.69 Å². The van der Waals surface area contributed by atoms with Crippen LogP contribution >= 0.6 is 0 Å². The third kappa shape index (κ3) is 2.74. The summed E-state index contributed by atoms with van der Waals surface area (Å²) in [6, 6.07) is 5.73. The van der Waals surface area contributed by atoms with Gasteiger partial charge in [-0.3, -0.25) is 14.9 Å². The highest BCUT2D eigenvalue weighted by molar-refractivity contribution is 5.95. The molecule has 0 fully saturated rings. The van der Waals surface area contributed by atoms with E-state index in [4.69, 9.17) is 10.00 Å². The van der Waals surface area contributed by atoms with Crippen LogP contribution in [0.1, 0.15) is 10.4 Å². The Morgan fingerprint density at radius 2 is 2.28 bits per heavy atom. The van der Waals surface area contributed by atoms with Crippen molar-refractivity contribution in [3.8, 4) is 11.8 Å². The SMILES string of the molecule is COc1ccc(C(=O)N(C)CC#N)cc1[N+](=O)[O-]. The summed E-state index contributed by atoms with van der Waals surface area (Å²) >= 11 is 0. The Bertz CT molecular complexity index is 522. The molecule has 0 atom stereocenters. The summed E-state index contributed by atoms with van der Waals surface area (Å²) in [5.41, 5.74) is -0.144. The molecule has 0 aromatic heterocycles. The van der Waals surface area contributed by atoms with Gasteiger partial charge in [0.1, 0.15) is 6.54 Å². The standard InChI is InChI=1S/C11H11N3O4/c1-13(6-5-12)11(15)8-3-4-10(18-2)9(7-8)14(16)17/h3-4,7H,6H2,1-2H3. The van der Waals surface area contributed by atoms with Crippen LogP contribution in [0.15, 0.2) is 18.2 Å². The van der Waals surface area contributed by atoms with Crippen LogP contribution in [0.3, 0.4) is 0 Å². The predicted octanol–water partition coefficient (Wildman–Crippen LogP) is 1.20. The van der Waals surface area contributed by atoms with Crippen molar-refractivity contribution in [3.63, 3.8) is 0 Å². The van der Waals surface area contributed by atoms with Crippen LogP contribution in [0.5, 0.6) is 5.75 Å². The monoisotopic (exact) mass is 249 g/mol. The maximum Gasteiger partial charge on any atom is 0.311 e. The van der Waals surface area contributed by atoms with Crippen molar-refractivity contribution in [3.05, 3.63) is 33.9 Å². The minimum absolute atomic E-state index is 0.0829. The zero-order chi connectivity index (χ0) is 13.7. The van der Waals surface area contributed by atoms with Crippen LogP contribution < -0.4 is 4.74 Å². The molecule has 7 nitrogen and oxygen atoms in total. The number of carbonyl (C=O) groups excluding carboxylic acids is 1. The van der Waals surface area contributed by atoms with E-state index >= 15 is 0 Å². The molecule has 18 heavy (non-hydrogen) atoms. The number of carbonyl (C=O) groups is 1. The van der Waals surface area contributed by atoms with Gasteiger partial charge in [0.25, 0.3) is 5.91 Å². The van der Waals surface area contributed by atoms with E-state index in [2.05, 4.69) is 0 Å². The molecule has 1 amide bonds. The maximum absolute atomic E-state index is 11.8.